The number of para-hydroxylation sites is 1. The van der Waals surface area contributed by atoms with Crippen LogP contribution in [-0.2, 0) is 9.59 Å². The van der Waals surface area contributed by atoms with Crippen LogP contribution in [0.3, 0.4) is 0 Å². The number of methoxy groups -OCH3 is 1. The molecule has 0 aromatic heterocycles. The van der Waals surface area contributed by atoms with Gasteiger partial charge in [0.15, 0.2) is 0 Å². The zero-order chi connectivity index (χ0) is 17.1. The first kappa shape index (κ1) is 16.1. The van der Waals surface area contributed by atoms with Crippen molar-refractivity contribution in [3.8, 4) is 5.75 Å². The number of carbonyl (C=O) groups excluding carboxylic acids is 1. The van der Waals surface area contributed by atoms with Gasteiger partial charge < -0.3 is 14.7 Å². The monoisotopic (exact) mass is 325 g/mol. The second-order valence-corrected chi connectivity index (χ2v) is 5.80. The molecule has 3 rings (SSSR count). The molecule has 0 aliphatic carbocycles. The second kappa shape index (κ2) is 6.74. The number of piperidine rings is 1. The molecule has 124 valence electrons. The van der Waals surface area contributed by atoms with Gasteiger partial charge in [-0.3, -0.25) is 9.59 Å². The Morgan fingerprint density at radius 2 is 1.79 bits per heavy atom. The Kier molecular flexibility index (Phi) is 4.51. The van der Waals surface area contributed by atoms with Crippen molar-refractivity contribution in [2.45, 2.75) is 18.9 Å². The Labute approximate surface area is 140 Å². The summed E-state index contributed by atoms with van der Waals surface area (Å²) in [6.07, 6.45) is 0.576. The number of anilines is 1. The van der Waals surface area contributed by atoms with Gasteiger partial charge >= 0.3 is 5.97 Å². The van der Waals surface area contributed by atoms with E-state index in [4.69, 9.17) is 4.74 Å². The lowest BCUT2D eigenvalue weighted by molar-refractivity contribution is -0.144. The number of carboxylic acids is 1. The Morgan fingerprint density at radius 3 is 2.38 bits per heavy atom. The van der Waals surface area contributed by atoms with Crippen molar-refractivity contribution >= 4 is 17.6 Å². The van der Waals surface area contributed by atoms with E-state index in [0.29, 0.717) is 17.9 Å². The Balaban J connectivity index is 2.07. The number of carboxylic acid groups (broad SMARTS) is 1. The fourth-order valence-corrected chi connectivity index (χ4v) is 3.23. The third kappa shape index (κ3) is 2.97. The molecule has 1 fully saturated rings. The van der Waals surface area contributed by atoms with Gasteiger partial charge in [-0.1, -0.05) is 30.3 Å². The van der Waals surface area contributed by atoms with Gasteiger partial charge in [0.2, 0.25) is 5.91 Å². The van der Waals surface area contributed by atoms with E-state index in [0.717, 1.165) is 5.56 Å². The van der Waals surface area contributed by atoms with E-state index in [1.165, 1.54) is 0 Å². The van der Waals surface area contributed by atoms with Crippen molar-refractivity contribution < 1.29 is 19.4 Å². The van der Waals surface area contributed by atoms with E-state index in [1.54, 1.807) is 24.1 Å². The summed E-state index contributed by atoms with van der Waals surface area (Å²) in [6, 6.07) is 15.9. The first-order valence-corrected chi connectivity index (χ1v) is 7.85. The van der Waals surface area contributed by atoms with Crippen molar-refractivity contribution in [1.82, 2.24) is 0 Å². The van der Waals surface area contributed by atoms with Crippen molar-refractivity contribution in [1.29, 1.82) is 0 Å². The van der Waals surface area contributed by atoms with Crippen LogP contribution in [0, 0.1) is 5.92 Å². The lowest BCUT2D eigenvalue weighted by atomic mass is 9.84. The highest BCUT2D eigenvalue weighted by atomic mass is 16.5. The molecule has 1 heterocycles. The largest absolute Gasteiger partial charge is 0.497 e. The molecule has 5 nitrogen and oxygen atoms in total. The van der Waals surface area contributed by atoms with Gasteiger partial charge in [0, 0.05) is 12.1 Å². The van der Waals surface area contributed by atoms with Gasteiger partial charge in [-0.2, -0.15) is 0 Å². The van der Waals surface area contributed by atoms with Crippen LogP contribution in [0.2, 0.25) is 0 Å². The fraction of sp³-hybridized carbons (Fsp3) is 0.263. The lowest BCUT2D eigenvalue weighted by Crippen LogP contribution is -2.45. The summed E-state index contributed by atoms with van der Waals surface area (Å²) in [5.41, 5.74) is 1.51. The number of nitrogens with zero attached hydrogens (tertiary/aromatic N) is 1. The van der Waals surface area contributed by atoms with Crippen molar-refractivity contribution in [3.63, 3.8) is 0 Å². The molecule has 5 heteroatoms. The van der Waals surface area contributed by atoms with E-state index in [-0.39, 0.29) is 12.3 Å². The van der Waals surface area contributed by atoms with Crippen molar-refractivity contribution in [2.24, 2.45) is 5.92 Å². The number of benzene rings is 2. The second-order valence-electron chi connectivity index (χ2n) is 5.80. The minimum atomic E-state index is -0.885. The van der Waals surface area contributed by atoms with Crippen LogP contribution in [0.25, 0.3) is 0 Å². The Bertz CT molecular complexity index is 727. The number of aliphatic carboxylic acids is 1. The highest BCUT2D eigenvalue weighted by Crippen LogP contribution is 2.40. The summed E-state index contributed by atoms with van der Waals surface area (Å²) < 4.78 is 5.17. The molecule has 0 unspecified atom stereocenters. The highest BCUT2D eigenvalue weighted by Gasteiger charge is 2.41. The van der Waals surface area contributed by atoms with E-state index in [2.05, 4.69) is 0 Å². The minimum absolute atomic E-state index is 0.0560. The molecule has 0 bridgehead atoms. The predicted molar refractivity (Wildman–Crippen MR) is 90.0 cm³/mol. The third-order valence-electron chi connectivity index (χ3n) is 4.41. The van der Waals surface area contributed by atoms with Crippen molar-refractivity contribution in [2.75, 3.05) is 12.0 Å². The molecule has 1 N–H and O–H groups in total. The van der Waals surface area contributed by atoms with Gasteiger partial charge in [0.05, 0.1) is 19.1 Å². The molecular formula is C19H19NO4. The van der Waals surface area contributed by atoms with Gasteiger partial charge in [0.25, 0.3) is 0 Å². The fourth-order valence-electron chi connectivity index (χ4n) is 3.23. The zero-order valence-electron chi connectivity index (χ0n) is 13.4. The smallest absolute Gasteiger partial charge is 0.308 e. The maximum atomic E-state index is 12.6. The van der Waals surface area contributed by atoms with E-state index in [1.807, 2.05) is 42.5 Å². The molecule has 2 aromatic rings. The van der Waals surface area contributed by atoms with E-state index >= 15 is 0 Å². The number of carbonyl (C=O) groups is 2. The number of hydrogen-bond donors (Lipinski definition) is 1. The molecule has 1 aliphatic rings. The number of rotatable bonds is 4. The number of amides is 1. The first-order valence-electron chi connectivity index (χ1n) is 7.85. The Hall–Kier alpha value is -2.82. The van der Waals surface area contributed by atoms with E-state index in [9.17, 15) is 14.7 Å². The summed E-state index contributed by atoms with van der Waals surface area (Å²) in [5, 5.41) is 9.66. The lowest BCUT2D eigenvalue weighted by Gasteiger charge is -2.39. The van der Waals surface area contributed by atoms with Gasteiger partial charge in [-0.05, 0) is 36.2 Å². The molecular weight excluding hydrogens is 306 g/mol. The molecule has 1 saturated heterocycles. The van der Waals surface area contributed by atoms with Crippen LogP contribution in [0.1, 0.15) is 24.4 Å². The standard InChI is InChI=1S/C19H19NO4/c1-24-15-9-7-13(8-10-15)18-16(19(22)23)11-12-17(21)20(18)14-5-3-2-4-6-14/h2-10,16,18H,11-12H2,1H3,(H,22,23)/t16-,18+/m0/s1. The molecule has 2 atom stereocenters. The maximum absolute atomic E-state index is 12.6. The number of hydrogen-bond acceptors (Lipinski definition) is 3. The zero-order valence-corrected chi connectivity index (χ0v) is 13.4. The molecule has 1 aliphatic heterocycles. The molecule has 24 heavy (non-hydrogen) atoms. The highest BCUT2D eigenvalue weighted by molar-refractivity contribution is 5.96. The summed E-state index contributed by atoms with van der Waals surface area (Å²) >= 11 is 0. The van der Waals surface area contributed by atoms with Crippen LogP contribution < -0.4 is 9.64 Å². The third-order valence-corrected chi connectivity index (χ3v) is 4.41. The summed E-state index contributed by atoms with van der Waals surface area (Å²) in [5.74, 6) is -0.890. The van der Waals surface area contributed by atoms with Crippen molar-refractivity contribution in [3.05, 3.63) is 60.2 Å². The topological polar surface area (TPSA) is 66.8 Å². The van der Waals surface area contributed by atoms with Gasteiger partial charge in [-0.25, -0.2) is 0 Å². The molecule has 0 saturated carbocycles. The van der Waals surface area contributed by atoms with Gasteiger partial charge in [-0.15, -0.1) is 0 Å². The molecule has 2 aromatic carbocycles. The maximum Gasteiger partial charge on any atom is 0.308 e. The number of ether oxygens (including phenoxy) is 1. The normalized spacial score (nSPS) is 20.7. The van der Waals surface area contributed by atoms with Crippen LogP contribution in [0.15, 0.2) is 54.6 Å². The molecule has 0 spiro atoms. The average Bonchev–Trinajstić information content (AvgIpc) is 2.62. The predicted octanol–water partition coefficient (Wildman–Crippen LogP) is 3.26. The summed E-state index contributed by atoms with van der Waals surface area (Å²) in [6.45, 7) is 0. The molecule has 1 amide bonds. The first-order chi connectivity index (χ1) is 11.6. The minimum Gasteiger partial charge on any atom is -0.497 e. The van der Waals surface area contributed by atoms with Gasteiger partial charge in [0.1, 0.15) is 5.75 Å². The van der Waals surface area contributed by atoms with Crippen LogP contribution >= 0.6 is 0 Å². The quantitative estimate of drug-likeness (QED) is 0.937. The summed E-state index contributed by atoms with van der Waals surface area (Å²) in [7, 11) is 1.58. The van der Waals surface area contributed by atoms with Crippen LogP contribution in [0.4, 0.5) is 5.69 Å². The summed E-state index contributed by atoms with van der Waals surface area (Å²) in [4.78, 5) is 26.0. The molecule has 0 radical (unpaired) electrons. The van der Waals surface area contributed by atoms with Crippen LogP contribution in [-0.4, -0.2) is 24.1 Å². The average molecular weight is 325 g/mol. The van der Waals surface area contributed by atoms with E-state index < -0.39 is 17.9 Å². The Morgan fingerprint density at radius 1 is 1.12 bits per heavy atom. The SMILES string of the molecule is COc1ccc([C@@H]2[C@@H](C(=O)O)CCC(=O)N2c2ccccc2)cc1. The van der Waals surface area contributed by atoms with Crippen LogP contribution in [0.5, 0.6) is 5.75 Å².